The molecule has 1 amide bonds. The topological polar surface area (TPSA) is 88.3 Å². The normalized spacial score (nSPS) is 21.6. The molecule has 0 aliphatic heterocycles. The molecule has 114 valence electrons. The van der Waals surface area contributed by atoms with Crippen molar-refractivity contribution in [1.29, 1.82) is 0 Å². The largest absolute Gasteiger partial charge is 0.466 e. The average molecular weight is 292 g/mol. The van der Waals surface area contributed by atoms with Crippen LogP contribution < -0.4 is 10.9 Å². The summed E-state index contributed by atoms with van der Waals surface area (Å²) in [7, 11) is 0. The first-order chi connectivity index (χ1) is 10.1. The van der Waals surface area contributed by atoms with Gasteiger partial charge in [-0.05, 0) is 38.7 Å². The van der Waals surface area contributed by atoms with E-state index in [4.69, 9.17) is 4.74 Å². The SMILES string of the molecule is CCOC(=O)C1CCC(NC(=O)c2cc[nH]c(=O)c2)CC1. The van der Waals surface area contributed by atoms with Crippen LogP contribution in [0, 0.1) is 5.92 Å². The number of aromatic amines is 1. The van der Waals surface area contributed by atoms with Gasteiger partial charge in [-0.15, -0.1) is 0 Å². The molecule has 0 aromatic carbocycles. The molecule has 6 nitrogen and oxygen atoms in total. The molecule has 0 spiro atoms. The number of nitrogens with one attached hydrogen (secondary N) is 2. The Balaban J connectivity index is 1.85. The minimum Gasteiger partial charge on any atom is -0.466 e. The van der Waals surface area contributed by atoms with Gasteiger partial charge in [0.1, 0.15) is 0 Å². The molecule has 2 N–H and O–H groups in total. The molecular formula is C15H20N2O4. The zero-order chi connectivity index (χ0) is 15.2. The van der Waals surface area contributed by atoms with E-state index < -0.39 is 0 Å². The Kier molecular flexibility index (Phi) is 5.14. The molecule has 21 heavy (non-hydrogen) atoms. The Labute approximate surface area is 122 Å². The van der Waals surface area contributed by atoms with E-state index in [0.29, 0.717) is 12.2 Å². The molecule has 1 heterocycles. The van der Waals surface area contributed by atoms with E-state index in [1.165, 1.54) is 12.3 Å². The van der Waals surface area contributed by atoms with Gasteiger partial charge in [0, 0.05) is 23.9 Å². The summed E-state index contributed by atoms with van der Waals surface area (Å²) in [5, 5.41) is 2.91. The van der Waals surface area contributed by atoms with Gasteiger partial charge in [0.2, 0.25) is 5.56 Å². The molecule has 1 aromatic heterocycles. The van der Waals surface area contributed by atoms with Gasteiger partial charge in [-0.3, -0.25) is 14.4 Å². The van der Waals surface area contributed by atoms with E-state index in [1.807, 2.05) is 0 Å². The third-order valence-electron chi connectivity index (χ3n) is 3.72. The quantitative estimate of drug-likeness (QED) is 0.817. The fraction of sp³-hybridized carbons (Fsp3) is 0.533. The number of pyridine rings is 1. The Hall–Kier alpha value is -2.11. The van der Waals surface area contributed by atoms with E-state index in [-0.39, 0.29) is 29.4 Å². The van der Waals surface area contributed by atoms with Crippen LogP contribution in [-0.4, -0.2) is 29.5 Å². The molecule has 0 radical (unpaired) electrons. The number of aromatic nitrogens is 1. The van der Waals surface area contributed by atoms with Crippen LogP contribution in [-0.2, 0) is 9.53 Å². The van der Waals surface area contributed by atoms with Gasteiger partial charge in [0.25, 0.3) is 5.91 Å². The minimum absolute atomic E-state index is 0.0439. The van der Waals surface area contributed by atoms with Crippen molar-refractivity contribution in [2.45, 2.75) is 38.6 Å². The minimum atomic E-state index is -0.298. The molecule has 1 saturated carbocycles. The number of carbonyl (C=O) groups excluding carboxylic acids is 2. The van der Waals surface area contributed by atoms with E-state index in [0.717, 1.165) is 25.7 Å². The molecule has 1 aliphatic rings. The van der Waals surface area contributed by atoms with Gasteiger partial charge >= 0.3 is 5.97 Å². The highest BCUT2D eigenvalue weighted by Crippen LogP contribution is 2.25. The monoisotopic (exact) mass is 292 g/mol. The van der Waals surface area contributed by atoms with Crippen molar-refractivity contribution in [2.24, 2.45) is 5.92 Å². The molecular weight excluding hydrogens is 272 g/mol. The first-order valence-electron chi connectivity index (χ1n) is 7.26. The van der Waals surface area contributed by atoms with Crippen LogP contribution in [0.15, 0.2) is 23.1 Å². The highest BCUT2D eigenvalue weighted by Gasteiger charge is 2.28. The zero-order valence-corrected chi connectivity index (χ0v) is 12.1. The van der Waals surface area contributed by atoms with Crippen molar-refractivity contribution in [2.75, 3.05) is 6.61 Å². The lowest BCUT2D eigenvalue weighted by Gasteiger charge is -2.27. The number of hydrogen-bond donors (Lipinski definition) is 2. The summed E-state index contributed by atoms with van der Waals surface area (Å²) < 4.78 is 5.02. The van der Waals surface area contributed by atoms with Gasteiger partial charge in [-0.1, -0.05) is 0 Å². The van der Waals surface area contributed by atoms with Crippen molar-refractivity contribution in [3.05, 3.63) is 34.2 Å². The molecule has 0 saturated heterocycles. The van der Waals surface area contributed by atoms with E-state index in [2.05, 4.69) is 10.3 Å². The summed E-state index contributed by atoms with van der Waals surface area (Å²) in [5.74, 6) is -0.449. The van der Waals surface area contributed by atoms with Crippen molar-refractivity contribution < 1.29 is 14.3 Å². The molecule has 0 atom stereocenters. The van der Waals surface area contributed by atoms with E-state index in [9.17, 15) is 14.4 Å². The fourth-order valence-corrected chi connectivity index (χ4v) is 2.59. The highest BCUT2D eigenvalue weighted by atomic mass is 16.5. The number of ether oxygens (including phenoxy) is 1. The molecule has 6 heteroatoms. The number of esters is 1. The summed E-state index contributed by atoms with van der Waals surface area (Å²) in [5.41, 5.74) is 0.0555. The fourth-order valence-electron chi connectivity index (χ4n) is 2.59. The molecule has 1 aromatic rings. The maximum absolute atomic E-state index is 12.0. The lowest BCUT2D eigenvalue weighted by molar-refractivity contribution is -0.149. The van der Waals surface area contributed by atoms with E-state index in [1.54, 1.807) is 13.0 Å². The predicted molar refractivity (Wildman–Crippen MR) is 76.9 cm³/mol. The second-order valence-electron chi connectivity index (χ2n) is 5.22. The van der Waals surface area contributed by atoms with Gasteiger partial charge in [0.05, 0.1) is 12.5 Å². The first-order valence-corrected chi connectivity index (χ1v) is 7.26. The maximum atomic E-state index is 12.0. The summed E-state index contributed by atoms with van der Waals surface area (Å²) in [6.45, 7) is 2.20. The Morgan fingerprint density at radius 2 is 2.05 bits per heavy atom. The smallest absolute Gasteiger partial charge is 0.308 e. The number of carbonyl (C=O) groups is 2. The lowest BCUT2D eigenvalue weighted by atomic mass is 9.86. The third kappa shape index (κ3) is 4.18. The maximum Gasteiger partial charge on any atom is 0.308 e. The lowest BCUT2D eigenvalue weighted by Crippen LogP contribution is -2.39. The number of H-pyrrole nitrogens is 1. The van der Waals surface area contributed by atoms with Crippen LogP contribution in [0.2, 0.25) is 0 Å². The first kappa shape index (κ1) is 15.3. The molecule has 0 unspecified atom stereocenters. The second kappa shape index (κ2) is 7.06. The van der Waals surface area contributed by atoms with Gasteiger partial charge in [-0.2, -0.15) is 0 Å². The Morgan fingerprint density at radius 3 is 2.67 bits per heavy atom. The third-order valence-corrected chi connectivity index (χ3v) is 3.72. The van der Waals surface area contributed by atoms with Crippen molar-refractivity contribution in [1.82, 2.24) is 10.3 Å². The Morgan fingerprint density at radius 1 is 1.33 bits per heavy atom. The number of amides is 1. The highest BCUT2D eigenvalue weighted by molar-refractivity contribution is 5.94. The van der Waals surface area contributed by atoms with Crippen LogP contribution >= 0.6 is 0 Å². The number of rotatable bonds is 4. The van der Waals surface area contributed by atoms with Gasteiger partial charge in [-0.25, -0.2) is 0 Å². The molecule has 1 fully saturated rings. The number of hydrogen-bond acceptors (Lipinski definition) is 4. The molecule has 2 rings (SSSR count). The summed E-state index contributed by atoms with van der Waals surface area (Å²) in [6.07, 6.45) is 4.39. The van der Waals surface area contributed by atoms with Gasteiger partial charge in [0.15, 0.2) is 0 Å². The van der Waals surface area contributed by atoms with Gasteiger partial charge < -0.3 is 15.0 Å². The van der Waals surface area contributed by atoms with E-state index >= 15 is 0 Å². The molecule has 1 aliphatic carbocycles. The standard InChI is InChI=1S/C15H20N2O4/c1-2-21-15(20)10-3-5-12(6-4-10)17-14(19)11-7-8-16-13(18)9-11/h7-10,12H,2-6H2,1H3,(H,16,18)(H,17,19). The zero-order valence-electron chi connectivity index (χ0n) is 12.1. The summed E-state index contributed by atoms with van der Waals surface area (Å²) >= 11 is 0. The van der Waals surface area contributed by atoms with Crippen molar-refractivity contribution in [3.63, 3.8) is 0 Å². The predicted octanol–water partition coefficient (Wildman–Crippen LogP) is 1.23. The van der Waals surface area contributed by atoms with Crippen LogP contribution in [0.1, 0.15) is 43.0 Å². The Bertz CT molecular complexity index is 559. The average Bonchev–Trinajstić information content (AvgIpc) is 2.48. The van der Waals surface area contributed by atoms with Crippen LogP contribution in [0.5, 0.6) is 0 Å². The van der Waals surface area contributed by atoms with Crippen LogP contribution in [0.4, 0.5) is 0 Å². The van der Waals surface area contributed by atoms with Crippen LogP contribution in [0.3, 0.4) is 0 Å². The second-order valence-corrected chi connectivity index (χ2v) is 5.22. The van der Waals surface area contributed by atoms with Crippen molar-refractivity contribution >= 4 is 11.9 Å². The van der Waals surface area contributed by atoms with Crippen LogP contribution in [0.25, 0.3) is 0 Å². The summed E-state index contributed by atoms with van der Waals surface area (Å²) in [4.78, 5) is 37.3. The molecule has 0 bridgehead atoms. The van der Waals surface area contributed by atoms with Crippen molar-refractivity contribution in [3.8, 4) is 0 Å². The summed E-state index contributed by atoms with van der Waals surface area (Å²) in [6, 6.07) is 2.89.